The predicted molar refractivity (Wildman–Crippen MR) is 106 cm³/mol. The monoisotopic (exact) mass is 409 g/mol. The molecular formula is C21H31NO7. The van der Waals surface area contributed by atoms with Gasteiger partial charge in [-0.05, 0) is 52.3 Å². The molecule has 0 spiro atoms. The summed E-state index contributed by atoms with van der Waals surface area (Å²) >= 11 is 0. The number of hydrogen-bond donors (Lipinski definition) is 1. The number of alkyl carbamates (subject to hydrolysis) is 1. The number of amides is 1. The molecule has 0 aliphatic carbocycles. The normalized spacial score (nSPS) is 19.3. The van der Waals surface area contributed by atoms with Crippen molar-refractivity contribution in [3.05, 3.63) is 29.8 Å². The van der Waals surface area contributed by atoms with Crippen LogP contribution in [0.15, 0.2) is 24.3 Å². The summed E-state index contributed by atoms with van der Waals surface area (Å²) in [5.74, 6) is -0.448. The van der Waals surface area contributed by atoms with Crippen LogP contribution < -0.4 is 10.1 Å². The molecule has 1 saturated heterocycles. The third-order valence-corrected chi connectivity index (χ3v) is 4.04. The first-order valence-corrected chi connectivity index (χ1v) is 9.58. The third kappa shape index (κ3) is 7.91. The summed E-state index contributed by atoms with van der Waals surface area (Å²) < 4.78 is 27.0. The lowest BCUT2D eigenvalue weighted by atomic mass is 10.1. The maximum absolute atomic E-state index is 12.0. The number of methoxy groups -OCH3 is 1. The fourth-order valence-electron chi connectivity index (χ4n) is 2.78. The Bertz CT molecular complexity index is 694. The molecule has 0 aromatic heterocycles. The maximum Gasteiger partial charge on any atom is 0.408 e. The molecule has 2 rings (SSSR count). The van der Waals surface area contributed by atoms with E-state index in [-0.39, 0.29) is 12.5 Å². The molecule has 8 heteroatoms. The maximum atomic E-state index is 12.0. The number of rotatable bonds is 7. The molecule has 1 aromatic carbocycles. The molecule has 1 heterocycles. The Labute approximate surface area is 171 Å². The van der Waals surface area contributed by atoms with Crippen LogP contribution in [0.1, 0.15) is 40.2 Å². The Morgan fingerprint density at radius 1 is 1.24 bits per heavy atom. The zero-order chi connectivity index (χ0) is 21.7. The van der Waals surface area contributed by atoms with Crippen LogP contribution in [0, 0.1) is 0 Å². The number of esters is 1. The van der Waals surface area contributed by atoms with Crippen molar-refractivity contribution in [2.75, 3.05) is 20.3 Å². The van der Waals surface area contributed by atoms with Gasteiger partial charge in [0.15, 0.2) is 5.79 Å². The van der Waals surface area contributed by atoms with Crippen molar-refractivity contribution in [3.63, 3.8) is 0 Å². The van der Waals surface area contributed by atoms with Gasteiger partial charge in [-0.2, -0.15) is 0 Å². The molecule has 0 bridgehead atoms. The Morgan fingerprint density at radius 3 is 2.41 bits per heavy atom. The van der Waals surface area contributed by atoms with E-state index < -0.39 is 29.5 Å². The van der Waals surface area contributed by atoms with Crippen LogP contribution in [-0.2, 0) is 30.2 Å². The zero-order valence-electron chi connectivity index (χ0n) is 17.9. The molecule has 1 fully saturated rings. The van der Waals surface area contributed by atoms with Crippen molar-refractivity contribution in [1.82, 2.24) is 5.32 Å². The first-order chi connectivity index (χ1) is 13.5. The van der Waals surface area contributed by atoms with Gasteiger partial charge in [-0.25, -0.2) is 9.59 Å². The highest BCUT2D eigenvalue weighted by atomic mass is 16.7. The van der Waals surface area contributed by atoms with Gasteiger partial charge in [0.05, 0.1) is 13.7 Å². The van der Waals surface area contributed by atoms with E-state index in [4.69, 9.17) is 23.7 Å². The lowest BCUT2D eigenvalue weighted by Crippen LogP contribution is -2.45. The molecule has 1 aliphatic heterocycles. The minimum Gasteiger partial charge on any atom is -0.491 e. The summed E-state index contributed by atoms with van der Waals surface area (Å²) in [6.45, 7) is 9.86. The van der Waals surface area contributed by atoms with Crippen molar-refractivity contribution < 1.29 is 33.3 Å². The summed E-state index contributed by atoms with van der Waals surface area (Å²) in [5.41, 5.74) is 0.179. The molecule has 2 atom stereocenters. The molecule has 162 valence electrons. The fourth-order valence-corrected chi connectivity index (χ4v) is 2.78. The zero-order valence-corrected chi connectivity index (χ0v) is 17.9. The summed E-state index contributed by atoms with van der Waals surface area (Å²) in [4.78, 5) is 24.1. The van der Waals surface area contributed by atoms with E-state index in [9.17, 15) is 9.59 Å². The SMILES string of the molecule is COC(=O)[C@H](Cc1ccc(OC[C@H]2COC(C)(C)O2)cc1)NC(=O)OC(C)(C)C. The second-order valence-corrected chi connectivity index (χ2v) is 8.33. The highest BCUT2D eigenvalue weighted by Gasteiger charge is 2.33. The van der Waals surface area contributed by atoms with E-state index in [2.05, 4.69) is 5.32 Å². The van der Waals surface area contributed by atoms with E-state index in [0.29, 0.717) is 19.0 Å². The minimum absolute atomic E-state index is 0.119. The van der Waals surface area contributed by atoms with Gasteiger partial charge in [0, 0.05) is 6.42 Å². The second kappa shape index (κ2) is 9.45. The summed E-state index contributed by atoms with van der Waals surface area (Å²) in [5, 5.41) is 2.56. The standard InChI is InChI=1S/C21H31NO7/c1-20(2,3)29-19(24)22-17(18(23)25-6)11-14-7-9-15(10-8-14)26-12-16-13-27-21(4,5)28-16/h7-10,16-17H,11-13H2,1-6H3,(H,22,24)/t16-,17-/m0/s1. The van der Waals surface area contributed by atoms with E-state index >= 15 is 0 Å². The van der Waals surface area contributed by atoms with Crippen LogP contribution >= 0.6 is 0 Å². The van der Waals surface area contributed by atoms with Crippen molar-refractivity contribution in [2.45, 2.75) is 64.6 Å². The summed E-state index contributed by atoms with van der Waals surface area (Å²) in [6, 6.07) is 6.42. The molecule has 1 aliphatic rings. The van der Waals surface area contributed by atoms with Gasteiger partial charge in [0.2, 0.25) is 0 Å². The largest absolute Gasteiger partial charge is 0.491 e. The van der Waals surface area contributed by atoms with Crippen molar-refractivity contribution in [3.8, 4) is 5.75 Å². The Morgan fingerprint density at radius 2 is 1.90 bits per heavy atom. The highest BCUT2D eigenvalue weighted by Crippen LogP contribution is 2.23. The van der Waals surface area contributed by atoms with Gasteiger partial charge in [-0.3, -0.25) is 0 Å². The fraction of sp³-hybridized carbons (Fsp3) is 0.619. The van der Waals surface area contributed by atoms with Crippen molar-refractivity contribution in [1.29, 1.82) is 0 Å². The van der Waals surface area contributed by atoms with Gasteiger partial charge < -0.3 is 29.0 Å². The lowest BCUT2D eigenvalue weighted by Gasteiger charge is -2.22. The molecule has 1 amide bonds. The Kier molecular flexibility index (Phi) is 7.48. The van der Waals surface area contributed by atoms with Crippen LogP contribution in [0.3, 0.4) is 0 Å². The van der Waals surface area contributed by atoms with Gasteiger partial charge in [0.25, 0.3) is 0 Å². The van der Waals surface area contributed by atoms with Crippen molar-refractivity contribution in [2.24, 2.45) is 0 Å². The van der Waals surface area contributed by atoms with E-state index in [1.165, 1.54) is 7.11 Å². The second-order valence-electron chi connectivity index (χ2n) is 8.33. The summed E-state index contributed by atoms with van der Waals surface area (Å²) in [6.07, 6.45) is -0.527. The number of carbonyl (C=O) groups is 2. The van der Waals surface area contributed by atoms with E-state index in [1.54, 1.807) is 32.9 Å². The quantitative estimate of drug-likeness (QED) is 0.692. The Hall–Kier alpha value is -2.32. The molecule has 29 heavy (non-hydrogen) atoms. The van der Waals surface area contributed by atoms with Crippen LogP contribution in [0.5, 0.6) is 5.75 Å². The topological polar surface area (TPSA) is 92.3 Å². The van der Waals surface area contributed by atoms with Crippen LogP contribution in [-0.4, -0.2) is 55.9 Å². The smallest absolute Gasteiger partial charge is 0.408 e. The number of ether oxygens (including phenoxy) is 5. The Balaban J connectivity index is 1.90. The number of nitrogens with one attached hydrogen (secondary N) is 1. The van der Waals surface area contributed by atoms with Gasteiger partial charge >= 0.3 is 12.1 Å². The average Bonchev–Trinajstić information content (AvgIpc) is 2.97. The molecule has 0 radical (unpaired) electrons. The molecule has 0 saturated carbocycles. The van der Waals surface area contributed by atoms with Gasteiger partial charge in [-0.1, -0.05) is 12.1 Å². The molecule has 0 unspecified atom stereocenters. The molecular weight excluding hydrogens is 378 g/mol. The number of carbonyl (C=O) groups excluding carboxylic acids is 2. The van der Waals surface area contributed by atoms with Crippen LogP contribution in [0.25, 0.3) is 0 Å². The van der Waals surface area contributed by atoms with Crippen LogP contribution in [0.4, 0.5) is 4.79 Å². The first-order valence-electron chi connectivity index (χ1n) is 9.58. The number of benzene rings is 1. The molecule has 8 nitrogen and oxygen atoms in total. The van der Waals surface area contributed by atoms with Gasteiger partial charge in [0.1, 0.15) is 30.1 Å². The molecule has 1 N–H and O–H groups in total. The highest BCUT2D eigenvalue weighted by molar-refractivity contribution is 5.81. The van der Waals surface area contributed by atoms with E-state index in [0.717, 1.165) is 5.56 Å². The van der Waals surface area contributed by atoms with Crippen LogP contribution in [0.2, 0.25) is 0 Å². The van der Waals surface area contributed by atoms with Gasteiger partial charge in [-0.15, -0.1) is 0 Å². The van der Waals surface area contributed by atoms with E-state index in [1.807, 2.05) is 26.0 Å². The molecule has 1 aromatic rings. The third-order valence-electron chi connectivity index (χ3n) is 4.04. The number of hydrogen-bond acceptors (Lipinski definition) is 7. The summed E-state index contributed by atoms with van der Waals surface area (Å²) in [7, 11) is 1.28. The average molecular weight is 409 g/mol. The van der Waals surface area contributed by atoms with Crippen molar-refractivity contribution >= 4 is 12.1 Å². The lowest BCUT2D eigenvalue weighted by molar-refractivity contribution is -0.143. The first kappa shape index (κ1) is 23.0. The predicted octanol–water partition coefficient (Wildman–Crippen LogP) is 2.83. The minimum atomic E-state index is -0.854.